The fourth-order valence-electron chi connectivity index (χ4n) is 1.70. The van der Waals surface area contributed by atoms with Gasteiger partial charge in [0.2, 0.25) is 5.91 Å². The topological polar surface area (TPSA) is 55.1 Å². The first kappa shape index (κ1) is 15.4. The summed E-state index contributed by atoms with van der Waals surface area (Å²) in [5, 5.41) is 2.90. The number of amides is 1. The number of benzene rings is 1. The lowest BCUT2D eigenvalue weighted by Gasteiger charge is -2.19. The Hall–Kier alpha value is -0.690. The summed E-state index contributed by atoms with van der Waals surface area (Å²) < 4.78 is 1.07. The molecule has 0 aliphatic rings. The van der Waals surface area contributed by atoms with Gasteiger partial charge >= 0.3 is 0 Å². The minimum absolute atomic E-state index is 0.0885. The number of hydrogen-bond donors (Lipinski definition) is 2. The van der Waals surface area contributed by atoms with Crippen LogP contribution in [0.1, 0.15) is 19.4 Å². The van der Waals surface area contributed by atoms with Gasteiger partial charge in [-0.05, 0) is 53.1 Å². The summed E-state index contributed by atoms with van der Waals surface area (Å²) in [6.07, 6.45) is 0. The van der Waals surface area contributed by atoms with E-state index in [9.17, 15) is 4.79 Å². The highest BCUT2D eigenvalue weighted by Crippen LogP contribution is 2.20. The molecule has 0 saturated heterocycles. The molecular weight excluding hydrogens is 359 g/mol. The molecule has 5 heteroatoms. The van der Waals surface area contributed by atoms with Crippen molar-refractivity contribution < 1.29 is 4.79 Å². The zero-order valence-electron chi connectivity index (χ0n) is 10.7. The van der Waals surface area contributed by atoms with Gasteiger partial charge in [-0.25, -0.2) is 0 Å². The minimum atomic E-state index is -0.433. The number of carbonyl (C=O) groups is 1. The van der Waals surface area contributed by atoms with E-state index in [0.29, 0.717) is 0 Å². The van der Waals surface area contributed by atoms with Gasteiger partial charge in [0.1, 0.15) is 0 Å². The van der Waals surface area contributed by atoms with Crippen LogP contribution >= 0.6 is 34.8 Å². The Morgan fingerprint density at radius 3 is 2.56 bits per heavy atom. The predicted molar refractivity (Wildman–Crippen MR) is 87.6 cm³/mol. The fourth-order valence-corrected chi connectivity index (χ4v) is 2.57. The molecule has 0 aliphatic carbocycles. The number of nitrogens with two attached hydrogens (primary N) is 1. The van der Waals surface area contributed by atoms with Crippen LogP contribution < -0.4 is 11.1 Å². The van der Waals surface area contributed by atoms with E-state index >= 15 is 0 Å². The Morgan fingerprint density at radius 1 is 1.44 bits per heavy atom. The largest absolute Gasteiger partial charge is 0.393 e. The van der Waals surface area contributed by atoms with Gasteiger partial charge < -0.3 is 11.1 Å². The molecule has 3 N–H and O–H groups in total. The Labute approximate surface area is 127 Å². The van der Waals surface area contributed by atoms with Gasteiger partial charge in [-0.1, -0.05) is 32.1 Å². The van der Waals surface area contributed by atoms with E-state index in [-0.39, 0.29) is 16.8 Å². The third-order valence-corrected chi connectivity index (χ3v) is 3.64. The maximum atomic E-state index is 12.2. The molecule has 0 fully saturated rings. The standard InChI is InChI=1S/C13H17IN2OS/c1-7(2)11(12(15)18)13(17)16-10-6-9(14)5-4-8(10)3/h4-7,11H,1-3H3,(H2,15,18)(H,16,17). The van der Waals surface area contributed by atoms with Crippen molar-refractivity contribution >= 4 is 51.4 Å². The molecule has 1 amide bonds. The molecular formula is C13H17IN2OS. The van der Waals surface area contributed by atoms with Crippen molar-refractivity contribution in [2.45, 2.75) is 20.8 Å². The number of halogens is 1. The predicted octanol–water partition coefficient (Wildman–Crippen LogP) is 3.10. The first-order valence-electron chi connectivity index (χ1n) is 5.69. The van der Waals surface area contributed by atoms with Crippen molar-refractivity contribution in [1.82, 2.24) is 0 Å². The first-order valence-corrected chi connectivity index (χ1v) is 7.18. The number of hydrogen-bond acceptors (Lipinski definition) is 2. The smallest absolute Gasteiger partial charge is 0.234 e. The lowest BCUT2D eigenvalue weighted by atomic mass is 9.95. The zero-order valence-corrected chi connectivity index (χ0v) is 13.6. The van der Waals surface area contributed by atoms with Crippen LogP contribution in [0.25, 0.3) is 0 Å². The molecule has 1 atom stereocenters. The van der Waals surface area contributed by atoms with Crippen LogP contribution in [0.4, 0.5) is 5.69 Å². The van der Waals surface area contributed by atoms with Crippen LogP contribution in [-0.2, 0) is 4.79 Å². The number of aryl methyl sites for hydroxylation is 1. The quantitative estimate of drug-likeness (QED) is 0.627. The summed E-state index contributed by atoms with van der Waals surface area (Å²) in [5.74, 6) is -0.481. The highest BCUT2D eigenvalue weighted by molar-refractivity contribution is 14.1. The molecule has 1 aromatic carbocycles. The summed E-state index contributed by atoms with van der Waals surface area (Å²) in [6.45, 7) is 5.83. The van der Waals surface area contributed by atoms with Crippen molar-refractivity contribution in [2.24, 2.45) is 17.6 Å². The molecule has 1 aromatic rings. The van der Waals surface area contributed by atoms with E-state index in [2.05, 4.69) is 27.9 Å². The summed E-state index contributed by atoms with van der Waals surface area (Å²) in [4.78, 5) is 12.4. The summed E-state index contributed by atoms with van der Waals surface area (Å²) >= 11 is 7.17. The highest BCUT2D eigenvalue weighted by atomic mass is 127. The highest BCUT2D eigenvalue weighted by Gasteiger charge is 2.25. The van der Waals surface area contributed by atoms with E-state index in [1.54, 1.807) is 0 Å². The minimum Gasteiger partial charge on any atom is -0.393 e. The molecule has 3 nitrogen and oxygen atoms in total. The second-order valence-electron chi connectivity index (χ2n) is 4.57. The molecule has 0 radical (unpaired) electrons. The molecule has 0 heterocycles. The number of nitrogens with one attached hydrogen (secondary N) is 1. The summed E-state index contributed by atoms with van der Waals surface area (Å²) in [5.41, 5.74) is 7.47. The van der Waals surface area contributed by atoms with Crippen LogP contribution in [0.5, 0.6) is 0 Å². The Balaban J connectivity index is 2.92. The molecule has 0 saturated carbocycles. The number of thiocarbonyl (C=S) groups is 1. The third kappa shape index (κ3) is 3.91. The van der Waals surface area contributed by atoms with Crippen molar-refractivity contribution in [2.75, 3.05) is 5.32 Å². The van der Waals surface area contributed by atoms with Gasteiger partial charge in [0.05, 0.1) is 10.9 Å². The molecule has 18 heavy (non-hydrogen) atoms. The molecule has 0 bridgehead atoms. The van der Waals surface area contributed by atoms with E-state index in [4.69, 9.17) is 18.0 Å². The third-order valence-electron chi connectivity index (χ3n) is 2.71. The van der Waals surface area contributed by atoms with E-state index in [1.165, 1.54) is 0 Å². The van der Waals surface area contributed by atoms with Gasteiger partial charge in [0, 0.05) is 9.26 Å². The van der Waals surface area contributed by atoms with Crippen LogP contribution in [0.2, 0.25) is 0 Å². The Bertz CT molecular complexity index is 474. The van der Waals surface area contributed by atoms with Crippen LogP contribution in [0.15, 0.2) is 18.2 Å². The fraction of sp³-hybridized carbons (Fsp3) is 0.385. The molecule has 0 aromatic heterocycles. The number of carbonyl (C=O) groups excluding carboxylic acids is 1. The summed E-state index contributed by atoms with van der Waals surface area (Å²) in [7, 11) is 0. The average Bonchev–Trinajstić information content (AvgIpc) is 2.22. The zero-order chi connectivity index (χ0) is 13.9. The lowest BCUT2D eigenvalue weighted by Crippen LogP contribution is -2.36. The number of anilines is 1. The average molecular weight is 376 g/mol. The van der Waals surface area contributed by atoms with Gasteiger partial charge in [-0.2, -0.15) is 0 Å². The normalized spacial score (nSPS) is 12.3. The summed E-state index contributed by atoms with van der Waals surface area (Å²) in [6, 6.07) is 5.91. The maximum absolute atomic E-state index is 12.2. The molecule has 0 aliphatic heterocycles. The molecule has 98 valence electrons. The molecule has 0 spiro atoms. The lowest BCUT2D eigenvalue weighted by molar-refractivity contribution is -0.118. The van der Waals surface area contributed by atoms with E-state index in [0.717, 1.165) is 14.8 Å². The SMILES string of the molecule is Cc1ccc(I)cc1NC(=O)C(C(N)=S)C(C)C. The Kier molecular flexibility index (Phi) is 5.52. The van der Waals surface area contributed by atoms with Crippen LogP contribution in [0.3, 0.4) is 0 Å². The van der Waals surface area contributed by atoms with Crippen molar-refractivity contribution in [1.29, 1.82) is 0 Å². The van der Waals surface area contributed by atoms with Crippen LogP contribution in [0, 0.1) is 22.3 Å². The molecule has 1 unspecified atom stereocenters. The van der Waals surface area contributed by atoms with Crippen molar-refractivity contribution in [3.05, 3.63) is 27.3 Å². The van der Waals surface area contributed by atoms with Crippen molar-refractivity contribution in [3.8, 4) is 0 Å². The second-order valence-corrected chi connectivity index (χ2v) is 6.29. The van der Waals surface area contributed by atoms with E-state index in [1.807, 2.05) is 39.0 Å². The maximum Gasteiger partial charge on any atom is 0.234 e. The van der Waals surface area contributed by atoms with Gasteiger partial charge in [-0.15, -0.1) is 0 Å². The van der Waals surface area contributed by atoms with Crippen molar-refractivity contribution in [3.63, 3.8) is 0 Å². The number of rotatable bonds is 4. The van der Waals surface area contributed by atoms with Gasteiger partial charge in [-0.3, -0.25) is 4.79 Å². The second kappa shape index (κ2) is 6.47. The van der Waals surface area contributed by atoms with Crippen LogP contribution in [-0.4, -0.2) is 10.9 Å². The first-order chi connectivity index (χ1) is 8.32. The van der Waals surface area contributed by atoms with Gasteiger partial charge in [0.25, 0.3) is 0 Å². The Morgan fingerprint density at radius 2 is 2.06 bits per heavy atom. The van der Waals surface area contributed by atoms with E-state index < -0.39 is 5.92 Å². The molecule has 1 rings (SSSR count). The van der Waals surface area contributed by atoms with Gasteiger partial charge in [0.15, 0.2) is 0 Å². The monoisotopic (exact) mass is 376 g/mol.